The number of phenols is 2. The van der Waals surface area contributed by atoms with E-state index in [2.05, 4.69) is 45.2 Å². The second-order valence-electron chi connectivity index (χ2n) is 21.9. The maximum Gasteiger partial charge on any atom is 0.336 e. The lowest BCUT2D eigenvalue weighted by Crippen LogP contribution is -2.85. The number of nitrogens with two attached hydrogens (primary N) is 2. The molecule has 79 heavy (non-hydrogen) atoms. The molecule has 13 rings (SSSR count). The Labute approximate surface area is 449 Å². The van der Waals surface area contributed by atoms with Gasteiger partial charge in [-0.2, -0.15) is 0 Å². The lowest BCUT2D eigenvalue weighted by atomic mass is 9.34. The first kappa shape index (κ1) is 50.8. The van der Waals surface area contributed by atoms with Gasteiger partial charge in [0.2, 0.25) is 18.3 Å². The minimum atomic E-state index is -2.82. The Balaban J connectivity index is 0.961. The number of dihydropyridines is 1. The minimum absolute atomic E-state index is 0.0147. The molecular formula is C57H58N6O16. The number of fused-ring (bicyclic) bond motifs is 5. The van der Waals surface area contributed by atoms with Crippen molar-refractivity contribution in [1.29, 1.82) is 0 Å². The molecule has 5 heterocycles. The van der Waals surface area contributed by atoms with E-state index >= 15 is 0 Å². The molecule has 22 nitrogen and oxygen atoms in total. The van der Waals surface area contributed by atoms with E-state index < -0.39 is 111 Å². The molecule has 0 unspecified atom stereocenters. The maximum atomic E-state index is 14.2. The first-order valence-corrected chi connectivity index (χ1v) is 26.0. The summed E-state index contributed by atoms with van der Waals surface area (Å²) in [7, 11) is 0. The van der Waals surface area contributed by atoms with Gasteiger partial charge in [-0.05, 0) is 109 Å². The molecule has 6 bridgehead atoms. The van der Waals surface area contributed by atoms with Crippen molar-refractivity contribution >= 4 is 22.8 Å². The fourth-order valence-electron chi connectivity index (χ4n) is 14.8. The summed E-state index contributed by atoms with van der Waals surface area (Å²) in [5, 5.41) is 116. The highest BCUT2D eigenvalue weighted by molar-refractivity contribution is 5.90. The number of aliphatic hydroxyl groups is 6. The molecule has 8 aliphatic rings. The molecule has 2 aromatic heterocycles. The highest BCUT2D eigenvalue weighted by atomic mass is 16.7. The molecule has 22 heteroatoms. The molecule has 0 amide bonds. The number of nitrogens with one attached hydrogen (secondary N) is 4. The van der Waals surface area contributed by atoms with Gasteiger partial charge in [0, 0.05) is 71.0 Å². The molecule has 1 spiro atoms. The smallest absolute Gasteiger partial charge is 0.336 e. The topological polar surface area (TPSA) is 370 Å². The molecule has 2 saturated heterocycles. The monoisotopic (exact) mass is 1080 g/mol. The number of phenolic OH excluding ortho intramolecular Hbond substituents is 2. The van der Waals surface area contributed by atoms with Crippen molar-refractivity contribution in [3.8, 4) is 40.1 Å². The molecule has 17 N–H and O–H groups in total. The molecule has 0 radical (unpaired) electrons. The van der Waals surface area contributed by atoms with Crippen LogP contribution in [-0.4, -0.2) is 125 Å². The number of aliphatic hydroxyl groups excluding tert-OH is 4. The van der Waals surface area contributed by atoms with Crippen molar-refractivity contribution in [2.45, 2.75) is 73.5 Å². The number of hydrogen-bond donors (Lipinski definition) is 15. The fraction of sp³-hybridized carbons (Fsp3) is 0.368. The fourth-order valence-corrected chi connectivity index (χ4v) is 14.8. The number of anilines is 1. The SMILES string of the molecule is NC1=CC2=C(C=C[C@]34C=C[C@@H]5C[C@]6([C@@H]7CNCN7)C(=C[C@]7(O)[C@H](Oc8cc9oc(-c%10ccc(O[C@@H](CO)[C@H](O)c%11ccc(N)[nH]%11)cc%10)cc(=O)c9c(O)c8O[C@H](O)c8cccc(O)c8)O[C@H](C(=O)O)[C@]6(O)[C@H]7O)[C@]23[C@@H]5CC4)CN1. The average Bonchev–Trinajstić information content (AvgIpc) is 1.96. The Morgan fingerprint density at radius 2 is 1.80 bits per heavy atom. The molecule has 5 aromatic rings. The number of carboxylic acids is 1. The number of hydrogen-bond acceptors (Lipinski definition) is 20. The van der Waals surface area contributed by atoms with E-state index in [-0.39, 0.29) is 59.9 Å². The zero-order valence-electron chi connectivity index (χ0n) is 42.1. The molecule has 3 aromatic carbocycles. The number of ether oxygens (including phenoxy) is 4. The van der Waals surface area contributed by atoms with Gasteiger partial charge >= 0.3 is 5.97 Å². The zero-order valence-corrected chi connectivity index (χ0v) is 42.1. The predicted octanol–water partition coefficient (Wildman–Crippen LogP) is 2.02. The second-order valence-corrected chi connectivity index (χ2v) is 21.9. The number of nitrogen functional groups attached to an aromatic ring is 1. The molecule has 5 aliphatic carbocycles. The van der Waals surface area contributed by atoms with Crippen LogP contribution in [0, 0.1) is 28.1 Å². The zero-order chi connectivity index (χ0) is 55.1. The van der Waals surface area contributed by atoms with Crippen LogP contribution in [0.4, 0.5) is 5.82 Å². The van der Waals surface area contributed by atoms with E-state index in [1.807, 2.05) is 6.08 Å². The van der Waals surface area contributed by atoms with Crippen LogP contribution >= 0.6 is 0 Å². The number of carboxylic acid groups (broad SMARTS) is 1. The Morgan fingerprint density at radius 3 is 2.52 bits per heavy atom. The number of rotatable bonds is 13. The highest BCUT2D eigenvalue weighted by Gasteiger charge is 2.83. The van der Waals surface area contributed by atoms with Gasteiger partial charge in [0.05, 0.1) is 12.4 Å². The first-order chi connectivity index (χ1) is 37.9. The van der Waals surface area contributed by atoms with Crippen LogP contribution in [0.2, 0.25) is 0 Å². The van der Waals surface area contributed by atoms with Gasteiger partial charge in [0.25, 0.3) is 0 Å². The van der Waals surface area contributed by atoms with Crippen molar-refractivity contribution in [2.75, 3.05) is 32.1 Å². The Morgan fingerprint density at radius 1 is 0.987 bits per heavy atom. The standard InChI is InChI=1S/C57H58N6O16/c58-42-9-8-34(63-42)45(67)39(24-64)75-31-6-4-26(5-7-31)36-18-35(66)44-37(76-36)19-38(47(46(44)68)78-50(71)27-2-1-3-30(65)16-27)77-52-55(73)21-40-54(41-23-60-25-62-41,57(74,51(55)72)48(79-52)49(69)70)20-28-10-13-53-14-11-29-22-61-43(59)17-33(29)56(40,53)32(28)12-15-53/h1-11,13-14,16-19,21,28,32,39,41,45,48,50-52,60-65,67-68,71-74H,12,15,20,22-25,58-59H2,(H,69,70)/t28-,32-,39+,41+,45-,48-,50+,51+,52-,53+,54-,55-,56+,57+/m1/s1. The summed E-state index contributed by atoms with van der Waals surface area (Å²) >= 11 is 0. The summed E-state index contributed by atoms with van der Waals surface area (Å²) in [6.07, 6.45) is 2.09. The number of carbonyl (C=O) groups is 1. The van der Waals surface area contributed by atoms with Crippen molar-refractivity contribution in [3.63, 3.8) is 0 Å². The Hall–Kier alpha value is -7.64. The molecule has 2 saturated carbocycles. The normalized spacial score (nSPS) is 33.8. The second kappa shape index (κ2) is 17.9. The molecule has 412 valence electrons. The van der Waals surface area contributed by atoms with Crippen molar-refractivity contribution in [2.24, 2.45) is 33.8 Å². The molecular weight excluding hydrogens is 1020 g/mol. The van der Waals surface area contributed by atoms with Crippen LogP contribution in [0.15, 0.2) is 141 Å². The number of benzene rings is 3. The number of aromatic hydroxyl groups is 2. The van der Waals surface area contributed by atoms with Crippen LogP contribution < -0.4 is 47.1 Å². The Kier molecular flexibility index (Phi) is 11.5. The lowest BCUT2D eigenvalue weighted by Gasteiger charge is -2.72. The van der Waals surface area contributed by atoms with Gasteiger partial charge in [-0.15, -0.1) is 0 Å². The summed E-state index contributed by atoms with van der Waals surface area (Å²) in [6.45, 7) is 0.324. The van der Waals surface area contributed by atoms with E-state index in [0.717, 1.165) is 23.3 Å². The predicted molar refractivity (Wildman–Crippen MR) is 279 cm³/mol. The highest BCUT2D eigenvalue weighted by Crippen LogP contribution is 2.80. The van der Waals surface area contributed by atoms with Crippen molar-refractivity contribution in [1.82, 2.24) is 20.9 Å². The number of H-pyrrole nitrogens is 1. The van der Waals surface area contributed by atoms with Gasteiger partial charge in [0.1, 0.15) is 51.9 Å². The van der Waals surface area contributed by atoms with Gasteiger partial charge < -0.3 is 96.4 Å². The summed E-state index contributed by atoms with van der Waals surface area (Å²) < 4.78 is 31.1. The largest absolute Gasteiger partial charge is 0.508 e. The minimum Gasteiger partial charge on any atom is -0.508 e. The van der Waals surface area contributed by atoms with Crippen LogP contribution in [0.3, 0.4) is 0 Å². The lowest BCUT2D eigenvalue weighted by molar-refractivity contribution is -0.364. The van der Waals surface area contributed by atoms with Gasteiger partial charge in [-0.1, -0.05) is 36.4 Å². The molecule has 14 atom stereocenters. The number of allylic oxidation sites excluding steroid dienone is 5. The van der Waals surface area contributed by atoms with E-state index in [1.165, 1.54) is 54.6 Å². The average molecular weight is 1080 g/mol. The molecule has 4 fully saturated rings. The third kappa shape index (κ3) is 7.09. The third-order valence-electron chi connectivity index (χ3n) is 18.1. The van der Waals surface area contributed by atoms with Crippen LogP contribution in [-0.2, 0) is 9.53 Å². The summed E-state index contributed by atoms with van der Waals surface area (Å²) in [5.41, 5.74) is 4.97. The van der Waals surface area contributed by atoms with Crippen molar-refractivity contribution < 1.29 is 74.1 Å². The summed E-state index contributed by atoms with van der Waals surface area (Å²) in [4.78, 5) is 31.0. The molecule has 3 aliphatic heterocycles. The van der Waals surface area contributed by atoms with Crippen LogP contribution in [0.5, 0.6) is 28.7 Å². The third-order valence-corrected chi connectivity index (χ3v) is 18.1. The summed E-state index contributed by atoms with van der Waals surface area (Å²) in [5.74, 6) is -3.72. The van der Waals surface area contributed by atoms with E-state index in [4.69, 9.17) is 34.8 Å². The van der Waals surface area contributed by atoms with Crippen molar-refractivity contribution in [3.05, 3.63) is 153 Å². The number of aromatic nitrogens is 1. The number of aromatic amines is 1. The van der Waals surface area contributed by atoms with E-state index in [9.17, 15) is 55.5 Å². The van der Waals surface area contributed by atoms with Crippen LogP contribution in [0.1, 0.15) is 42.9 Å². The van der Waals surface area contributed by atoms with Gasteiger partial charge in [0.15, 0.2) is 34.7 Å². The van der Waals surface area contributed by atoms with E-state index in [1.54, 1.807) is 12.1 Å². The van der Waals surface area contributed by atoms with E-state index in [0.29, 0.717) is 47.9 Å². The maximum absolute atomic E-state index is 14.2. The number of aliphatic carboxylic acids is 1. The first-order valence-electron chi connectivity index (χ1n) is 26.0. The van der Waals surface area contributed by atoms with Gasteiger partial charge in [-0.25, -0.2) is 4.79 Å². The van der Waals surface area contributed by atoms with Crippen LogP contribution in [0.25, 0.3) is 22.3 Å². The quantitative estimate of drug-likeness (QED) is 0.0592. The Bertz CT molecular complexity index is 3570. The summed E-state index contributed by atoms with van der Waals surface area (Å²) in [6, 6.07) is 16.0. The van der Waals surface area contributed by atoms with Gasteiger partial charge in [-0.3, -0.25) is 10.1 Å².